The Morgan fingerprint density at radius 3 is 2.50 bits per heavy atom. The number of amides is 1. The van der Waals surface area contributed by atoms with Gasteiger partial charge in [-0.25, -0.2) is 0 Å². The maximum absolute atomic E-state index is 13.5. The van der Waals surface area contributed by atoms with E-state index in [9.17, 15) is 9.59 Å². The highest BCUT2D eigenvalue weighted by Crippen LogP contribution is 2.33. The lowest BCUT2D eigenvalue weighted by molar-refractivity contribution is -0.116. The molecule has 3 aromatic rings. The summed E-state index contributed by atoms with van der Waals surface area (Å²) in [4.78, 5) is 31.0. The van der Waals surface area contributed by atoms with Crippen LogP contribution in [0.3, 0.4) is 0 Å². The molecule has 0 bridgehead atoms. The van der Waals surface area contributed by atoms with Gasteiger partial charge in [-0.15, -0.1) is 0 Å². The summed E-state index contributed by atoms with van der Waals surface area (Å²) in [6, 6.07) is 7.39. The van der Waals surface area contributed by atoms with Crippen molar-refractivity contribution in [1.29, 1.82) is 0 Å². The predicted molar refractivity (Wildman–Crippen MR) is 138 cm³/mol. The summed E-state index contributed by atoms with van der Waals surface area (Å²) in [7, 11) is 4.59. The Labute approximate surface area is 209 Å². The van der Waals surface area contributed by atoms with Gasteiger partial charge in [0.25, 0.3) is 11.7 Å². The molecular weight excluding hydrogens is 460 g/mol. The molecule has 3 rings (SSSR count). The van der Waals surface area contributed by atoms with Crippen LogP contribution in [0.15, 0.2) is 66.8 Å². The van der Waals surface area contributed by atoms with Crippen LogP contribution in [-0.4, -0.2) is 42.6 Å². The quantitative estimate of drug-likeness (QED) is 0.193. The number of allylic oxidation sites excluding steroid dienone is 2. The van der Waals surface area contributed by atoms with Gasteiger partial charge >= 0.3 is 0 Å². The molecule has 0 radical (unpaired) electrons. The maximum Gasteiger partial charge on any atom is 0.296 e. The number of carbonyl (C=O) groups is 2. The van der Waals surface area contributed by atoms with Crippen LogP contribution in [-0.2, 0) is 16.1 Å². The number of nitrogens with two attached hydrogens (primary N) is 1. The molecule has 1 aromatic carbocycles. The molecule has 0 fully saturated rings. The van der Waals surface area contributed by atoms with Gasteiger partial charge in [-0.1, -0.05) is 6.58 Å². The summed E-state index contributed by atoms with van der Waals surface area (Å²) in [6.07, 6.45) is 5.78. The maximum atomic E-state index is 13.5. The molecular formula is C27H30N4O5. The fourth-order valence-electron chi connectivity index (χ4n) is 3.87. The fraction of sp³-hybridized carbons (Fsp3) is 0.222. The molecule has 9 heteroatoms. The summed E-state index contributed by atoms with van der Waals surface area (Å²) in [5.41, 5.74) is 9.09. The molecule has 0 atom stereocenters. The predicted octanol–water partition coefficient (Wildman–Crippen LogP) is 3.53. The Morgan fingerprint density at radius 2 is 1.92 bits per heavy atom. The monoisotopic (exact) mass is 490 g/mol. The highest BCUT2D eigenvalue weighted by Gasteiger charge is 2.26. The van der Waals surface area contributed by atoms with Crippen molar-refractivity contribution in [3.05, 3.63) is 89.4 Å². The van der Waals surface area contributed by atoms with E-state index in [2.05, 4.69) is 16.9 Å². The summed E-state index contributed by atoms with van der Waals surface area (Å²) in [6.45, 7) is 7.81. The minimum Gasteiger partial charge on any atom is -0.497 e. The molecule has 0 aliphatic rings. The third kappa shape index (κ3) is 5.41. The normalized spacial score (nSPS) is 11.5. The molecule has 188 valence electrons. The number of hydrogen-bond donors (Lipinski definition) is 2. The lowest BCUT2D eigenvalue weighted by Crippen LogP contribution is -2.30. The van der Waals surface area contributed by atoms with E-state index < -0.39 is 11.7 Å². The molecule has 2 aromatic heterocycles. The van der Waals surface area contributed by atoms with Crippen LogP contribution in [0, 0.1) is 13.8 Å². The van der Waals surface area contributed by atoms with Gasteiger partial charge in [-0.3, -0.25) is 14.6 Å². The number of aromatic nitrogens is 2. The van der Waals surface area contributed by atoms with Crippen LogP contribution in [0.25, 0.3) is 10.9 Å². The van der Waals surface area contributed by atoms with Crippen molar-refractivity contribution in [2.75, 3.05) is 21.3 Å². The number of nitrogens with zero attached hydrogens (tertiary/aromatic N) is 2. The third-order valence-corrected chi connectivity index (χ3v) is 5.74. The summed E-state index contributed by atoms with van der Waals surface area (Å²) in [5.74, 6) is 0.0137. The van der Waals surface area contributed by atoms with E-state index >= 15 is 0 Å². The number of benzene rings is 1. The SMILES string of the molecule is C=C(/C=C(\C=C/N)NC(=O)C(=O)c1c(C)n(Cc2ccc(OC)cn2)c2cc(C)c(OC)cc12)OC. The molecule has 3 N–H and O–H groups in total. The number of ether oxygens (including phenoxy) is 3. The van der Waals surface area contributed by atoms with E-state index in [0.29, 0.717) is 29.1 Å². The molecule has 0 aliphatic carbocycles. The minimum absolute atomic E-state index is 0.264. The molecule has 0 unspecified atom stereocenters. The van der Waals surface area contributed by atoms with Crippen molar-refractivity contribution in [1.82, 2.24) is 14.9 Å². The molecule has 2 heterocycles. The van der Waals surface area contributed by atoms with Crippen LogP contribution in [0.5, 0.6) is 11.5 Å². The average Bonchev–Trinajstić information content (AvgIpc) is 3.13. The summed E-state index contributed by atoms with van der Waals surface area (Å²) >= 11 is 0. The third-order valence-electron chi connectivity index (χ3n) is 5.74. The first-order valence-corrected chi connectivity index (χ1v) is 11.1. The molecule has 0 saturated carbocycles. The van der Waals surface area contributed by atoms with E-state index in [1.807, 2.05) is 29.7 Å². The Bertz CT molecular complexity index is 1370. The smallest absolute Gasteiger partial charge is 0.296 e. The van der Waals surface area contributed by atoms with Gasteiger partial charge < -0.3 is 29.8 Å². The second-order valence-electron chi connectivity index (χ2n) is 7.99. The lowest BCUT2D eigenvalue weighted by Gasteiger charge is -2.10. The largest absolute Gasteiger partial charge is 0.497 e. The zero-order valence-electron chi connectivity index (χ0n) is 21.0. The molecule has 1 amide bonds. The second kappa shape index (κ2) is 11.3. The number of Topliss-reactive ketones (excluding diaryl/α,β-unsaturated/α-hetero) is 1. The van der Waals surface area contributed by atoms with Crippen LogP contribution in [0.2, 0.25) is 0 Å². The standard InChI is InChI=1S/C27H30N4O5/c1-16-11-23-22(13-24(16)36-6)25(18(3)31(23)15-20-7-8-21(35-5)14-29-20)26(32)27(33)30-19(9-10-28)12-17(2)34-4/h7-14H,2,15,28H2,1,3-6H3,(H,30,33)/b10-9-,19-12+. The van der Waals surface area contributed by atoms with Crippen LogP contribution in [0.1, 0.15) is 27.3 Å². The average molecular weight is 491 g/mol. The van der Waals surface area contributed by atoms with Crippen LogP contribution < -0.4 is 20.5 Å². The summed E-state index contributed by atoms with van der Waals surface area (Å²) in [5, 5.41) is 3.18. The Hall–Kier alpha value is -4.53. The minimum atomic E-state index is -0.826. The van der Waals surface area contributed by atoms with E-state index in [4.69, 9.17) is 19.9 Å². The Kier molecular flexibility index (Phi) is 8.16. The van der Waals surface area contributed by atoms with Gasteiger partial charge in [0, 0.05) is 28.4 Å². The lowest BCUT2D eigenvalue weighted by atomic mass is 10.0. The molecule has 0 aliphatic heterocycles. The fourth-order valence-corrected chi connectivity index (χ4v) is 3.87. The van der Waals surface area contributed by atoms with E-state index in [0.717, 1.165) is 16.8 Å². The number of carbonyl (C=O) groups excluding carboxylic acids is 2. The van der Waals surface area contributed by atoms with Gasteiger partial charge in [0.1, 0.15) is 17.3 Å². The number of fused-ring (bicyclic) bond motifs is 1. The van der Waals surface area contributed by atoms with E-state index in [-0.39, 0.29) is 17.0 Å². The van der Waals surface area contributed by atoms with Crippen LogP contribution >= 0.6 is 0 Å². The number of methoxy groups -OCH3 is 3. The number of nitrogens with one attached hydrogen (secondary N) is 1. The van der Waals surface area contributed by atoms with Gasteiger partial charge in [0.15, 0.2) is 0 Å². The highest BCUT2D eigenvalue weighted by atomic mass is 16.5. The number of aryl methyl sites for hydroxylation is 1. The number of ketones is 1. The van der Waals surface area contributed by atoms with Crippen LogP contribution in [0.4, 0.5) is 0 Å². The molecule has 0 saturated heterocycles. The first-order valence-electron chi connectivity index (χ1n) is 11.1. The topological polar surface area (TPSA) is 118 Å². The van der Waals surface area contributed by atoms with Crippen molar-refractivity contribution in [2.24, 2.45) is 5.73 Å². The molecule has 9 nitrogen and oxygen atoms in total. The van der Waals surface area contributed by atoms with Gasteiger partial charge in [0.2, 0.25) is 0 Å². The van der Waals surface area contributed by atoms with Gasteiger partial charge in [-0.05, 0) is 56.0 Å². The highest BCUT2D eigenvalue weighted by molar-refractivity contribution is 6.45. The van der Waals surface area contributed by atoms with Crippen molar-refractivity contribution in [3.63, 3.8) is 0 Å². The number of pyridine rings is 1. The second-order valence-corrected chi connectivity index (χ2v) is 7.99. The molecule has 36 heavy (non-hydrogen) atoms. The Morgan fingerprint density at radius 1 is 1.17 bits per heavy atom. The zero-order valence-corrected chi connectivity index (χ0v) is 21.0. The van der Waals surface area contributed by atoms with Gasteiger partial charge in [0.05, 0.1) is 45.3 Å². The van der Waals surface area contributed by atoms with Gasteiger partial charge in [-0.2, -0.15) is 0 Å². The Balaban J connectivity index is 2.10. The van der Waals surface area contributed by atoms with Crippen molar-refractivity contribution >= 4 is 22.6 Å². The van der Waals surface area contributed by atoms with E-state index in [1.54, 1.807) is 33.4 Å². The first-order chi connectivity index (χ1) is 17.2. The van der Waals surface area contributed by atoms with Crippen molar-refractivity contribution < 1.29 is 23.8 Å². The zero-order chi connectivity index (χ0) is 26.4. The summed E-state index contributed by atoms with van der Waals surface area (Å²) < 4.78 is 17.7. The van der Waals surface area contributed by atoms with Crippen molar-refractivity contribution in [2.45, 2.75) is 20.4 Å². The molecule has 0 spiro atoms. The first kappa shape index (κ1) is 26.1. The number of rotatable bonds is 10. The number of hydrogen-bond acceptors (Lipinski definition) is 7. The van der Waals surface area contributed by atoms with E-state index in [1.165, 1.54) is 25.5 Å². The van der Waals surface area contributed by atoms with Crippen molar-refractivity contribution in [3.8, 4) is 11.5 Å².